The van der Waals surface area contributed by atoms with Gasteiger partial charge in [-0.1, -0.05) is 49.0 Å². The lowest BCUT2D eigenvalue weighted by Crippen LogP contribution is -2.49. The second-order valence-electron chi connectivity index (χ2n) is 7.74. The van der Waals surface area contributed by atoms with E-state index in [0.29, 0.717) is 32.3 Å². The predicted octanol–water partition coefficient (Wildman–Crippen LogP) is 5.82. The van der Waals surface area contributed by atoms with E-state index in [9.17, 15) is 13.2 Å². The summed E-state index contributed by atoms with van der Waals surface area (Å²) in [5.41, 5.74) is 1.19. The van der Waals surface area contributed by atoms with E-state index in [-0.39, 0.29) is 11.7 Å². The Kier molecular flexibility index (Phi) is 5.86. The summed E-state index contributed by atoms with van der Waals surface area (Å²) in [6.07, 6.45) is -2.50. The zero-order valence-corrected chi connectivity index (χ0v) is 16.5. The van der Waals surface area contributed by atoms with Gasteiger partial charge < -0.3 is 10.1 Å². The molecular weight excluding hydrogens is 395 g/mol. The highest BCUT2D eigenvalue weighted by molar-refractivity contribution is 5.66. The Morgan fingerprint density at radius 1 is 1.00 bits per heavy atom. The fourth-order valence-electron chi connectivity index (χ4n) is 3.93. The quantitative estimate of drug-likeness (QED) is 0.635. The first-order valence-corrected chi connectivity index (χ1v) is 10.0. The highest BCUT2D eigenvalue weighted by Crippen LogP contribution is 2.40. The van der Waals surface area contributed by atoms with Gasteiger partial charge in [-0.05, 0) is 36.1 Å². The molecule has 4 rings (SSSR count). The number of anilines is 1. The number of alkyl halides is 3. The van der Waals surface area contributed by atoms with Crippen molar-refractivity contribution < 1.29 is 27.7 Å². The van der Waals surface area contributed by atoms with Crippen LogP contribution in [-0.4, -0.2) is 24.5 Å². The van der Waals surface area contributed by atoms with Crippen LogP contribution in [0.5, 0.6) is 0 Å². The molecule has 30 heavy (non-hydrogen) atoms. The van der Waals surface area contributed by atoms with E-state index >= 15 is 0 Å². The molecule has 1 saturated carbocycles. The zero-order valence-electron chi connectivity index (χ0n) is 16.5. The molecule has 0 amide bonds. The standard InChI is InChI=1S/C23H24F3NO3/c1-16(17-7-3-2-4-8-17)21-15-28-22(30-29-21)13-11-18(12-14-22)27-20-10-6-5-9-19(20)23(24,25)26/h2-10,18,21,27H,1,11-15H2. The summed E-state index contributed by atoms with van der Waals surface area (Å²) < 4.78 is 45.6. The van der Waals surface area contributed by atoms with Crippen LogP contribution in [0.25, 0.3) is 5.57 Å². The molecule has 1 unspecified atom stereocenters. The van der Waals surface area contributed by atoms with Crippen molar-refractivity contribution in [3.63, 3.8) is 0 Å². The molecule has 2 aliphatic rings. The van der Waals surface area contributed by atoms with Crippen LogP contribution in [-0.2, 0) is 20.7 Å². The SMILES string of the molecule is C=C(c1ccccc1)C1COC2(CCC(Nc3ccccc3C(F)(F)F)CC2)OO1. The summed E-state index contributed by atoms with van der Waals surface area (Å²) >= 11 is 0. The molecule has 1 spiro atoms. The molecule has 2 aromatic carbocycles. The normalized spacial score (nSPS) is 27.0. The fourth-order valence-corrected chi connectivity index (χ4v) is 3.93. The Hall–Kier alpha value is -2.35. The second kappa shape index (κ2) is 8.41. The lowest BCUT2D eigenvalue weighted by molar-refractivity contribution is -0.483. The minimum absolute atomic E-state index is 0.0941. The number of nitrogens with one attached hydrogen (secondary N) is 1. The molecule has 160 valence electrons. The van der Waals surface area contributed by atoms with Crippen molar-refractivity contribution in [2.24, 2.45) is 0 Å². The Labute approximate surface area is 173 Å². The monoisotopic (exact) mass is 419 g/mol. The molecule has 1 heterocycles. The van der Waals surface area contributed by atoms with Crippen LogP contribution in [0.2, 0.25) is 0 Å². The molecule has 0 radical (unpaired) electrons. The first kappa shape index (κ1) is 20.9. The van der Waals surface area contributed by atoms with Crippen molar-refractivity contribution in [2.45, 2.75) is 49.8 Å². The molecule has 0 aromatic heterocycles. The van der Waals surface area contributed by atoms with E-state index in [1.165, 1.54) is 12.1 Å². The smallest absolute Gasteiger partial charge is 0.382 e. The number of ether oxygens (including phenoxy) is 1. The van der Waals surface area contributed by atoms with Crippen LogP contribution in [0.3, 0.4) is 0 Å². The molecule has 1 aliphatic carbocycles. The van der Waals surface area contributed by atoms with Crippen LogP contribution in [0.15, 0.2) is 61.2 Å². The summed E-state index contributed by atoms with van der Waals surface area (Å²) in [5, 5.41) is 3.04. The van der Waals surface area contributed by atoms with Gasteiger partial charge in [-0.2, -0.15) is 13.2 Å². The third-order valence-electron chi connectivity index (χ3n) is 5.69. The van der Waals surface area contributed by atoms with E-state index in [0.717, 1.165) is 17.2 Å². The van der Waals surface area contributed by atoms with Crippen LogP contribution in [0.4, 0.5) is 18.9 Å². The van der Waals surface area contributed by atoms with Gasteiger partial charge in [-0.15, -0.1) is 0 Å². The first-order valence-electron chi connectivity index (χ1n) is 10.0. The third-order valence-corrected chi connectivity index (χ3v) is 5.69. The molecule has 4 nitrogen and oxygen atoms in total. The molecule has 1 N–H and O–H groups in total. The number of hydrogen-bond donors (Lipinski definition) is 1. The Morgan fingerprint density at radius 2 is 1.67 bits per heavy atom. The molecule has 0 bridgehead atoms. The predicted molar refractivity (Wildman–Crippen MR) is 107 cm³/mol. The molecule has 2 aromatic rings. The fraction of sp³-hybridized carbons (Fsp3) is 0.391. The van der Waals surface area contributed by atoms with Crippen molar-refractivity contribution in [1.82, 2.24) is 0 Å². The van der Waals surface area contributed by atoms with Gasteiger partial charge in [0.25, 0.3) is 0 Å². The summed E-state index contributed by atoms with van der Waals surface area (Å²) in [5.74, 6) is -0.852. The van der Waals surface area contributed by atoms with Gasteiger partial charge in [0, 0.05) is 24.6 Å². The Morgan fingerprint density at radius 3 is 2.30 bits per heavy atom. The number of halogens is 3. The number of hydrogen-bond acceptors (Lipinski definition) is 4. The van der Waals surface area contributed by atoms with Crippen LogP contribution in [0.1, 0.15) is 36.8 Å². The van der Waals surface area contributed by atoms with Crippen LogP contribution in [0, 0.1) is 0 Å². The van der Waals surface area contributed by atoms with Crippen molar-refractivity contribution in [2.75, 3.05) is 11.9 Å². The van der Waals surface area contributed by atoms with E-state index < -0.39 is 23.6 Å². The molecule has 2 fully saturated rings. The van der Waals surface area contributed by atoms with Gasteiger partial charge >= 0.3 is 6.18 Å². The zero-order chi connectivity index (χ0) is 21.2. The van der Waals surface area contributed by atoms with Gasteiger partial charge in [0.15, 0.2) is 0 Å². The topological polar surface area (TPSA) is 39.7 Å². The minimum atomic E-state index is -4.39. The molecule has 1 atom stereocenters. The van der Waals surface area contributed by atoms with E-state index in [2.05, 4.69) is 11.9 Å². The summed E-state index contributed by atoms with van der Waals surface area (Å²) in [7, 11) is 0. The maximum absolute atomic E-state index is 13.2. The van der Waals surface area contributed by atoms with Crippen LogP contribution >= 0.6 is 0 Å². The van der Waals surface area contributed by atoms with Gasteiger partial charge in [0.2, 0.25) is 5.79 Å². The van der Waals surface area contributed by atoms with Crippen molar-refractivity contribution in [1.29, 1.82) is 0 Å². The molecular formula is C23H24F3NO3. The van der Waals surface area contributed by atoms with E-state index in [4.69, 9.17) is 14.5 Å². The van der Waals surface area contributed by atoms with E-state index in [1.807, 2.05) is 30.3 Å². The number of para-hydroxylation sites is 1. The largest absolute Gasteiger partial charge is 0.418 e. The molecule has 7 heteroatoms. The lowest BCUT2D eigenvalue weighted by Gasteiger charge is -2.43. The molecule has 1 saturated heterocycles. The summed E-state index contributed by atoms with van der Waals surface area (Å²) in [6.45, 7) is 4.40. The van der Waals surface area contributed by atoms with Crippen LogP contribution < -0.4 is 5.32 Å². The Bertz CT molecular complexity index is 867. The maximum atomic E-state index is 13.2. The highest BCUT2D eigenvalue weighted by atomic mass is 19.4. The summed E-state index contributed by atoms with van der Waals surface area (Å²) in [4.78, 5) is 11.3. The van der Waals surface area contributed by atoms with E-state index in [1.54, 1.807) is 6.07 Å². The third kappa shape index (κ3) is 4.53. The average Bonchev–Trinajstić information content (AvgIpc) is 2.76. The highest BCUT2D eigenvalue weighted by Gasteiger charge is 2.43. The maximum Gasteiger partial charge on any atom is 0.418 e. The second-order valence-corrected chi connectivity index (χ2v) is 7.74. The van der Waals surface area contributed by atoms with Gasteiger partial charge in [-0.25, -0.2) is 9.78 Å². The average molecular weight is 419 g/mol. The van der Waals surface area contributed by atoms with Crippen molar-refractivity contribution >= 4 is 11.3 Å². The van der Waals surface area contributed by atoms with Crippen molar-refractivity contribution in [3.8, 4) is 0 Å². The van der Waals surface area contributed by atoms with Crippen molar-refractivity contribution in [3.05, 3.63) is 72.3 Å². The molecule has 1 aliphatic heterocycles. The lowest BCUT2D eigenvalue weighted by atomic mass is 9.89. The minimum Gasteiger partial charge on any atom is -0.382 e. The number of benzene rings is 2. The summed E-state index contributed by atoms with van der Waals surface area (Å²) in [6, 6.07) is 15.1. The van der Waals surface area contributed by atoms with Gasteiger partial charge in [0.1, 0.15) is 6.10 Å². The number of rotatable bonds is 4. The first-order chi connectivity index (χ1) is 14.4. The van der Waals surface area contributed by atoms with Gasteiger partial charge in [0.05, 0.1) is 12.2 Å². The van der Waals surface area contributed by atoms with Gasteiger partial charge in [-0.3, -0.25) is 0 Å². The Balaban J connectivity index is 1.32.